The largest absolute Gasteiger partial charge is 0.363 e. The number of rotatable bonds is 4. The molecule has 2 nitrogen and oxygen atoms in total. The van der Waals surface area contributed by atoms with Crippen LogP contribution in [-0.2, 0) is 0 Å². The van der Waals surface area contributed by atoms with Gasteiger partial charge in [-0.2, -0.15) is 0 Å². The Morgan fingerprint density at radius 3 is 2.38 bits per heavy atom. The Morgan fingerprint density at radius 1 is 1.38 bits per heavy atom. The lowest BCUT2D eigenvalue weighted by Gasteiger charge is -2.21. The molecule has 0 aliphatic heterocycles. The van der Waals surface area contributed by atoms with E-state index in [1.165, 1.54) is 12.8 Å². The van der Waals surface area contributed by atoms with Gasteiger partial charge in [0, 0.05) is 13.1 Å². The summed E-state index contributed by atoms with van der Waals surface area (Å²) in [5.41, 5.74) is 0.541. The highest BCUT2D eigenvalue weighted by Crippen LogP contribution is 2.51. The molecule has 0 atom stereocenters. The van der Waals surface area contributed by atoms with Gasteiger partial charge in [-0.1, -0.05) is 13.8 Å². The molecule has 1 rings (SSSR count). The van der Waals surface area contributed by atoms with E-state index in [4.69, 9.17) is 12.2 Å². The second kappa shape index (κ2) is 4.27. The summed E-state index contributed by atoms with van der Waals surface area (Å²) in [5.74, 6) is 0.768. The molecule has 76 valence electrons. The molecule has 0 amide bonds. The SMILES string of the molecule is CCNC(=S)NCC1(C(C)C)CC1. The van der Waals surface area contributed by atoms with E-state index >= 15 is 0 Å². The smallest absolute Gasteiger partial charge is 0.166 e. The first-order chi connectivity index (χ1) is 6.10. The Balaban J connectivity index is 2.22. The highest BCUT2D eigenvalue weighted by atomic mass is 32.1. The molecule has 0 aromatic carbocycles. The maximum atomic E-state index is 5.11. The lowest BCUT2D eigenvalue weighted by atomic mass is 9.92. The zero-order valence-corrected chi connectivity index (χ0v) is 9.63. The van der Waals surface area contributed by atoms with Gasteiger partial charge in [-0.3, -0.25) is 0 Å². The van der Waals surface area contributed by atoms with Gasteiger partial charge >= 0.3 is 0 Å². The first-order valence-corrected chi connectivity index (χ1v) is 5.53. The van der Waals surface area contributed by atoms with E-state index < -0.39 is 0 Å². The molecule has 1 saturated carbocycles. The molecule has 0 spiro atoms. The van der Waals surface area contributed by atoms with Crippen molar-refractivity contribution in [2.24, 2.45) is 11.3 Å². The molecule has 13 heavy (non-hydrogen) atoms. The van der Waals surface area contributed by atoms with Crippen LogP contribution in [0, 0.1) is 11.3 Å². The summed E-state index contributed by atoms with van der Waals surface area (Å²) in [6.07, 6.45) is 2.71. The molecule has 0 heterocycles. The fourth-order valence-corrected chi connectivity index (χ4v) is 1.81. The molecule has 0 aromatic heterocycles. The Hall–Kier alpha value is -0.310. The molecule has 0 saturated heterocycles. The Morgan fingerprint density at radius 2 is 2.00 bits per heavy atom. The van der Waals surface area contributed by atoms with Gasteiger partial charge in [0.05, 0.1) is 0 Å². The minimum absolute atomic E-state index is 0.541. The Labute approximate surface area is 86.5 Å². The molecule has 0 radical (unpaired) electrons. The Kier molecular flexibility index (Phi) is 3.54. The normalized spacial score (nSPS) is 18.5. The van der Waals surface area contributed by atoms with E-state index in [0.29, 0.717) is 5.41 Å². The van der Waals surface area contributed by atoms with Gasteiger partial charge in [-0.25, -0.2) is 0 Å². The highest BCUT2D eigenvalue weighted by molar-refractivity contribution is 7.80. The van der Waals surface area contributed by atoms with Gasteiger partial charge in [0.2, 0.25) is 0 Å². The molecular formula is C10H20N2S. The molecule has 1 aliphatic carbocycles. The van der Waals surface area contributed by atoms with Gasteiger partial charge in [-0.15, -0.1) is 0 Å². The van der Waals surface area contributed by atoms with Crippen molar-refractivity contribution in [3.05, 3.63) is 0 Å². The molecule has 0 aromatic rings. The van der Waals surface area contributed by atoms with Crippen molar-refractivity contribution in [3.63, 3.8) is 0 Å². The summed E-state index contributed by atoms with van der Waals surface area (Å²) in [6, 6.07) is 0. The standard InChI is InChI=1S/C10H20N2S/c1-4-11-9(13)12-7-10(5-6-10)8(2)3/h8H,4-7H2,1-3H3,(H2,11,12,13). The molecule has 2 N–H and O–H groups in total. The summed E-state index contributed by atoms with van der Waals surface area (Å²) >= 11 is 5.11. The van der Waals surface area contributed by atoms with Crippen molar-refractivity contribution in [2.75, 3.05) is 13.1 Å². The molecule has 1 fully saturated rings. The molecule has 0 bridgehead atoms. The van der Waals surface area contributed by atoms with E-state index in [2.05, 4.69) is 31.4 Å². The van der Waals surface area contributed by atoms with Crippen LogP contribution in [0.25, 0.3) is 0 Å². The molecular weight excluding hydrogens is 180 g/mol. The first-order valence-electron chi connectivity index (χ1n) is 5.12. The maximum Gasteiger partial charge on any atom is 0.166 e. The van der Waals surface area contributed by atoms with Crippen molar-refractivity contribution in [1.82, 2.24) is 10.6 Å². The van der Waals surface area contributed by atoms with Crippen molar-refractivity contribution in [2.45, 2.75) is 33.6 Å². The van der Waals surface area contributed by atoms with Crippen molar-refractivity contribution < 1.29 is 0 Å². The summed E-state index contributed by atoms with van der Waals surface area (Å²) in [7, 11) is 0. The topological polar surface area (TPSA) is 24.1 Å². The van der Waals surface area contributed by atoms with Gasteiger partial charge < -0.3 is 10.6 Å². The number of thiocarbonyl (C=S) groups is 1. The first kappa shape index (κ1) is 10.8. The van der Waals surface area contributed by atoms with E-state index in [0.717, 1.165) is 24.1 Å². The van der Waals surface area contributed by atoms with Crippen LogP contribution < -0.4 is 10.6 Å². The van der Waals surface area contributed by atoms with Gasteiger partial charge in [0.1, 0.15) is 0 Å². The number of hydrogen-bond acceptors (Lipinski definition) is 1. The average Bonchev–Trinajstić information content (AvgIpc) is 2.82. The van der Waals surface area contributed by atoms with E-state index in [-0.39, 0.29) is 0 Å². The van der Waals surface area contributed by atoms with Crippen LogP contribution in [0.15, 0.2) is 0 Å². The zero-order valence-electron chi connectivity index (χ0n) is 8.81. The van der Waals surface area contributed by atoms with E-state index in [9.17, 15) is 0 Å². The van der Waals surface area contributed by atoms with Crippen molar-refractivity contribution >= 4 is 17.3 Å². The lowest BCUT2D eigenvalue weighted by Crippen LogP contribution is -2.39. The molecule has 3 heteroatoms. The highest BCUT2D eigenvalue weighted by Gasteiger charge is 2.44. The predicted octanol–water partition coefficient (Wildman–Crippen LogP) is 1.91. The van der Waals surface area contributed by atoms with Crippen LogP contribution in [0.4, 0.5) is 0 Å². The third kappa shape index (κ3) is 2.83. The van der Waals surface area contributed by atoms with Gasteiger partial charge in [0.15, 0.2) is 5.11 Å². The van der Waals surface area contributed by atoms with E-state index in [1.807, 2.05) is 0 Å². The quantitative estimate of drug-likeness (QED) is 0.678. The van der Waals surface area contributed by atoms with Crippen molar-refractivity contribution in [1.29, 1.82) is 0 Å². The van der Waals surface area contributed by atoms with Crippen LogP contribution in [0.1, 0.15) is 33.6 Å². The second-order valence-electron chi connectivity index (χ2n) is 4.23. The third-order valence-corrected chi connectivity index (χ3v) is 3.34. The van der Waals surface area contributed by atoms with Crippen LogP contribution in [0.2, 0.25) is 0 Å². The maximum absolute atomic E-state index is 5.11. The Bertz CT molecular complexity index is 185. The van der Waals surface area contributed by atoms with Crippen LogP contribution >= 0.6 is 12.2 Å². The fourth-order valence-electron chi connectivity index (χ4n) is 1.60. The summed E-state index contributed by atoms with van der Waals surface area (Å²) in [5, 5.41) is 7.19. The third-order valence-electron chi connectivity index (χ3n) is 3.06. The van der Waals surface area contributed by atoms with E-state index in [1.54, 1.807) is 0 Å². The van der Waals surface area contributed by atoms with Crippen LogP contribution in [-0.4, -0.2) is 18.2 Å². The van der Waals surface area contributed by atoms with Crippen LogP contribution in [0.3, 0.4) is 0 Å². The average molecular weight is 200 g/mol. The number of nitrogens with one attached hydrogen (secondary N) is 2. The minimum Gasteiger partial charge on any atom is -0.363 e. The predicted molar refractivity (Wildman–Crippen MR) is 60.8 cm³/mol. The second-order valence-corrected chi connectivity index (χ2v) is 4.64. The minimum atomic E-state index is 0.541. The van der Waals surface area contributed by atoms with Gasteiger partial charge in [0.25, 0.3) is 0 Å². The van der Waals surface area contributed by atoms with Crippen molar-refractivity contribution in [3.8, 4) is 0 Å². The lowest BCUT2D eigenvalue weighted by molar-refractivity contribution is 0.357. The summed E-state index contributed by atoms with van der Waals surface area (Å²) < 4.78 is 0. The molecule has 1 aliphatic rings. The summed E-state index contributed by atoms with van der Waals surface area (Å²) in [6.45, 7) is 8.59. The van der Waals surface area contributed by atoms with Gasteiger partial charge in [-0.05, 0) is 43.3 Å². The monoisotopic (exact) mass is 200 g/mol. The van der Waals surface area contributed by atoms with Crippen LogP contribution in [0.5, 0.6) is 0 Å². The molecule has 0 unspecified atom stereocenters. The number of hydrogen-bond donors (Lipinski definition) is 2. The fraction of sp³-hybridized carbons (Fsp3) is 0.900. The summed E-state index contributed by atoms with van der Waals surface area (Å²) in [4.78, 5) is 0. The zero-order chi connectivity index (χ0) is 9.90.